The molecule has 98 valence electrons. The second kappa shape index (κ2) is 6.95. The summed E-state index contributed by atoms with van der Waals surface area (Å²) in [4.78, 5) is 14.6. The molecule has 0 aromatic carbocycles. The molecule has 0 saturated carbocycles. The van der Waals surface area contributed by atoms with Gasteiger partial charge in [-0.2, -0.15) is 0 Å². The fourth-order valence-electron chi connectivity index (χ4n) is 2.51. The summed E-state index contributed by atoms with van der Waals surface area (Å²) in [7, 11) is 0. The summed E-state index contributed by atoms with van der Waals surface area (Å²) in [5.74, 6) is 0.415. The van der Waals surface area contributed by atoms with Crippen molar-refractivity contribution >= 4 is 5.78 Å². The van der Waals surface area contributed by atoms with Crippen molar-refractivity contribution < 1.29 is 4.79 Å². The number of ketones is 1. The number of Topliss-reactive ketones (excluding diaryl/α,β-unsaturated/α-hetero) is 1. The van der Waals surface area contributed by atoms with Crippen molar-refractivity contribution in [1.82, 2.24) is 4.90 Å². The number of rotatable bonds is 8. The van der Waals surface area contributed by atoms with Gasteiger partial charge in [-0.1, -0.05) is 12.5 Å². The van der Waals surface area contributed by atoms with Crippen LogP contribution in [0.5, 0.6) is 0 Å². The van der Waals surface area contributed by atoms with Gasteiger partial charge in [0.2, 0.25) is 0 Å². The van der Waals surface area contributed by atoms with Gasteiger partial charge in [0.1, 0.15) is 0 Å². The first-order valence-electron chi connectivity index (χ1n) is 6.98. The molecule has 0 bridgehead atoms. The van der Waals surface area contributed by atoms with Crippen LogP contribution >= 0.6 is 0 Å². The van der Waals surface area contributed by atoms with E-state index < -0.39 is 0 Å². The Balaban J connectivity index is 2.27. The molecule has 1 rings (SSSR count). The Morgan fingerprint density at radius 3 is 2.47 bits per heavy atom. The molecule has 2 heteroatoms. The molecular formula is C15H27NO. The van der Waals surface area contributed by atoms with Crippen LogP contribution in [0.1, 0.15) is 58.8 Å². The molecule has 1 saturated heterocycles. The lowest BCUT2D eigenvalue weighted by atomic mass is 9.93. The van der Waals surface area contributed by atoms with Crippen LogP contribution < -0.4 is 0 Å². The van der Waals surface area contributed by atoms with Gasteiger partial charge in [0, 0.05) is 6.42 Å². The average Bonchev–Trinajstić information content (AvgIpc) is 2.82. The topological polar surface area (TPSA) is 20.3 Å². The zero-order valence-corrected chi connectivity index (χ0v) is 11.5. The zero-order valence-electron chi connectivity index (χ0n) is 11.5. The highest BCUT2D eigenvalue weighted by molar-refractivity contribution is 5.87. The minimum Gasteiger partial charge on any atom is -0.298 e. The molecule has 1 fully saturated rings. The Morgan fingerprint density at radius 1 is 1.24 bits per heavy atom. The van der Waals surface area contributed by atoms with E-state index in [9.17, 15) is 4.79 Å². The zero-order chi connectivity index (χ0) is 12.7. The van der Waals surface area contributed by atoms with E-state index in [0.717, 1.165) is 38.8 Å². The Kier molecular flexibility index (Phi) is 5.90. The average molecular weight is 237 g/mol. The molecule has 0 unspecified atom stereocenters. The van der Waals surface area contributed by atoms with Crippen LogP contribution in [-0.2, 0) is 4.79 Å². The van der Waals surface area contributed by atoms with E-state index in [-0.39, 0.29) is 5.54 Å². The van der Waals surface area contributed by atoms with Gasteiger partial charge in [0.15, 0.2) is 5.78 Å². The molecule has 0 N–H and O–H groups in total. The number of unbranched alkanes of at least 4 members (excludes halogenated alkanes) is 3. The fourth-order valence-corrected chi connectivity index (χ4v) is 2.51. The molecule has 0 amide bonds. The van der Waals surface area contributed by atoms with Crippen LogP contribution in [0.3, 0.4) is 0 Å². The van der Waals surface area contributed by atoms with Crippen molar-refractivity contribution in [2.75, 3.05) is 13.1 Å². The summed E-state index contributed by atoms with van der Waals surface area (Å²) in [5, 5.41) is 0. The summed E-state index contributed by atoms with van der Waals surface area (Å²) in [6.45, 7) is 10.1. The van der Waals surface area contributed by atoms with Gasteiger partial charge in [0.05, 0.1) is 5.54 Å². The van der Waals surface area contributed by atoms with Crippen LogP contribution in [0.4, 0.5) is 0 Å². The third kappa shape index (κ3) is 4.27. The lowest BCUT2D eigenvalue weighted by Gasteiger charge is -2.34. The normalized spacial score (nSPS) is 17.3. The molecule has 17 heavy (non-hydrogen) atoms. The minimum atomic E-state index is -0.241. The quantitative estimate of drug-likeness (QED) is 0.475. The van der Waals surface area contributed by atoms with Crippen molar-refractivity contribution in [3.05, 3.63) is 12.7 Å². The molecule has 2 nitrogen and oxygen atoms in total. The Morgan fingerprint density at radius 2 is 1.88 bits per heavy atom. The van der Waals surface area contributed by atoms with E-state index in [1.807, 2.05) is 6.08 Å². The molecule has 0 aromatic rings. The van der Waals surface area contributed by atoms with Crippen LogP contribution in [0.25, 0.3) is 0 Å². The number of likely N-dealkylation sites (tertiary alicyclic amines) is 1. The van der Waals surface area contributed by atoms with Crippen molar-refractivity contribution in [1.29, 1.82) is 0 Å². The number of hydrogen-bond donors (Lipinski definition) is 0. The van der Waals surface area contributed by atoms with E-state index in [1.54, 1.807) is 0 Å². The number of nitrogens with zero attached hydrogens (tertiary/aromatic N) is 1. The van der Waals surface area contributed by atoms with Gasteiger partial charge in [-0.25, -0.2) is 0 Å². The van der Waals surface area contributed by atoms with Gasteiger partial charge in [-0.3, -0.25) is 9.69 Å². The second-order valence-electron chi connectivity index (χ2n) is 5.56. The first-order chi connectivity index (χ1) is 8.09. The largest absolute Gasteiger partial charge is 0.298 e. The Labute approximate surface area is 106 Å². The maximum atomic E-state index is 12.2. The first kappa shape index (κ1) is 14.4. The molecule has 0 radical (unpaired) electrons. The highest BCUT2D eigenvalue weighted by Crippen LogP contribution is 2.23. The predicted molar refractivity (Wildman–Crippen MR) is 73.2 cm³/mol. The van der Waals surface area contributed by atoms with Crippen LogP contribution in [0, 0.1) is 0 Å². The lowest BCUT2D eigenvalue weighted by molar-refractivity contribution is -0.129. The molecule has 0 aromatic heterocycles. The fraction of sp³-hybridized carbons (Fsp3) is 0.800. The van der Waals surface area contributed by atoms with E-state index in [2.05, 4.69) is 25.3 Å². The summed E-state index contributed by atoms with van der Waals surface area (Å²) in [6.07, 6.45) is 9.60. The molecular weight excluding hydrogens is 210 g/mol. The minimum absolute atomic E-state index is 0.241. The van der Waals surface area contributed by atoms with Crippen molar-refractivity contribution in [2.24, 2.45) is 0 Å². The first-order valence-corrected chi connectivity index (χ1v) is 6.98. The second-order valence-corrected chi connectivity index (χ2v) is 5.56. The summed E-state index contributed by atoms with van der Waals surface area (Å²) < 4.78 is 0. The van der Waals surface area contributed by atoms with Crippen LogP contribution in [0.2, 0.25) is 0 Å². The molecule has 0 atom stereocenters. The Bertz CT molecular complexity index is 252. The standard InChI is InChI=1S/C15H27NO/c1-4-5-6-7-8-11-14(17)15(2,3)16-12-9-10-13-16/h4H,1,5-13H2,2-3H3. The van der Waals surface area contributed by atoms with Crippen molar-refractivity contribution in [3.8, 4) is 0 Å². The molecule has 0 spiro atoms. The maximum absolute atomic E-state index is 12.2. The number of hydrogen-bond acceptors (Lipinski definition) is 2. The summed E-state index contributed by atoms with van der Waals surface area (Å²) in [6, 6.07) is 0. The smallest absolute Gasteiger partial charge is 0.152 e. The number of carbonyl (C=O) groups is 1. The van der Waals surface area contributed by atoms with E-state index in [1.165, 1.54) is 19.3 Å². The highest BCUT2D eigenvalue weighted by atomic mass is 16.1. The number of allylic oxidation sites excluding steroid dienone is 1. The van der Waals surface area contributed by atoms with Gasteiger partial charge < -0.3 is 0 Å². The maximum Gasteiger partial charge on any atom is 0.152 e. The predicted octanol–water partition coefficient (Wildman–Crippen LogP) is 3.57. The third-order valence-corrected chi connectivity index (χ3v) is 3.89. The van der Waals surface area contributed by atoms with E-state index in [4.69, 9.17) is 0 Å². The lowest BCUT2D eigenvalue weighted by Crippen LogP contribution is -2.48. The van der Waals surface area contributed by atoms with Crippen molar-refractivity contribution in [2.45, 2.75) is 64.3 Å². The monoisotopic (exact) mass is 237 g/mol. The molecule has 1 aliphatic heterocycles. The van der Waals surface area contributed by atoms with Gasteiger partial charge in [0.25, 0.3) is 0 Å². The summed E-state index contributed by atoms with van der Waals surface area (Å²) >= 11 is 0. The van der Waals surface area contributed by atoms with Crippen molar-refractivity contribution in [3.63, 3.8) is 0 Å². The SMILES string of the molecule is C=CCCCCCC(=O)C(C)(C)N1CCCC1. The highest BCUT2D eigenvalue weighted by Gasteiger charge is 2.34. The van der Waals surface area contributed by atoms with Gasteiger partial charge in [-0.15, -0.1) is 6.58 Å². The number of carbonyl (C=O) groups excluding carboxylic acids is 1. The van der Waals surface area contributed by atoms with Gasteiger partial charge in [-0.05, 0) is 59.0 Å². The van der Waals surface area contributed by atoms with Crippen LogP contribution in [0.15, 0.2) is 12.7 Å². The third-order valence-electron chi connectivity index (χ3n) is 3.89. The van der Waals surface area contributed by atoms with Gasteiger partial charge >= 0.3 is 0 Å². The molecule has 1 heterocycles. The Hall–Kier alpha value is -0.630. The van der Waals surface area contributed by atoms with Crippen LogP contribution in [-0.4, -0.2) is 29.3 Å². The molecule has 1 aliphatic rings. The molecule has 0 aliphatic carbocycles. The summed E-state index contributed by atoms with van der Waals surface area (Å²) in [5.41, 5.74) is -0.241. The van der Waals surface area contributed by atoms with E-state index in [0.29, 0.717) is 5.78 Å². The van der Waals surface area contributed by atoms with E-state index >= 15 is 0 Å².